The maximum absolute atomic E-state index is 12.2. The van der Waals surface area contributed by atoms with Crippen molar-refractivity contribution in [1.29, 1.82) is 0 Å². The molecule has 0 N–H and O–H groups in total. The van der Waals surface area contributed by atoms with Crippen LogP contribution in [0.1, 0.15) is 5.56 Å². The summed E-state index contributed by atoms with van der Waals surface area (Å²) in [7, 11) is -2.05. The Morgan fingerprint density at radius 3 is 2.63 bits per heavy atom. The number of hydrogen-bond acceptors (Lipinski definition) is 3. The van der Waals surface area contributed by atoms with Crippen molar-refractivity contribution in [2.75, 3.05) is 4.31 Å². The largest absolute Gasteiger partial charge is 0.492 e. The molecule has 0 saturated carbocycles. The number of anilines is 2. The third-order valence-electron chi connectivity index (χ3n) is 3.06. The van der Waals surface area contributed by atoms with Gasteiger partial charge in [0, 0.05) is 0 Å². The molecular formula is C13H13N2O3S+. The molecule has 0 atom stereocenters. The highest BCUT2D eigenvalue weighted by Crippen LogP contribution is 2.41. The van der Waals surface area contributed by atoms with E-state index < -0.39 is 10.3 Å². The molecule has 5 nitrogen and oxygen atoms in total. The van der Waals surface area contributed by atoms with E-state index in [2.05, 4.69) is 0 Å². The van der Waals surface area contributed by atoms with Crippen LogP contribution in [-0.4, -0.2) is 8.42 Å². The van der Waals surface area contributed by atoms with Crippen LogP contribution in [0.5, 0.6) is 5.75 Å². The summed E-state index contributed by atoms with van der Waals surface area (Å²) in [5.41, 5.74) is 1.47. The van der Waals surface area contributed by atoms with Crippen molar-refractivity contribution in [2.45, 2.75) is 6.92 Å². The summed E-state index contributed by atoms with van der Waals surface area (Å²) in [6.07, 6.45) is 1.79. The summed E-state index contributed by atoms with van der Waals surface area (Å²) in [6.45, 7) is 1.87. The van der Waals surface area contributed by atoms with Gasteiger partial charge in [0.05, 0.1) is 13.2 Å². The zero-order valence-electron chi connectivity index (χ0n) is 10.6. The fraction of sp³-hybridized carbons (Fsp3) is 0.154. The van der Waals surface area contributed by atoms with E-state index in [0.29, 0.717) is 17.3 Å². The van der Waals surface area contributed by atoms with E-state index in [1.54, 1.807) is 42.1 Å². The minimum atomic E-state index is -3.83. The second-order valence-corrected chi connectivity index (χ2v) is 5.79. The summed E-state index contributed by atoms with van der Waals surface area (Å²) in [5.74, 6) is 0.852. The van der Waals surface area contributed by atoms with Gasteiger partial charge in [0.2, 0.25) is 5.75 Å². The average Bonchev–Trinajstić information content (AvgIpc) is 2.62. The molecule has 3 rings (SSSR count). The van der Waals surface area contributed by atoms with Crippen LogP contribution in [0.25, 0.3) is 0 Å². The van der Waals surface area contributed by atoms with Crippen molar-refractivity contribution in [3.63, 3.8) is 0 Å². The molecule has 0 unspecified atom stereocenters. The van der Waals surface area contributed by atoms with Gasteiger partial charge in [0.15, 0.2) is 5.69 Å². The molecule has 0 radical (unpaired) electrons. The second kappa shape index (κ2) is 3.96. The summed E-state index contributed by atoms with van der Waals surface area (Å²) in [5, 5.41) is 0. The topological polar surface area (TPSA) is 50.5 Å². The molecule has 0 saturated heterocycles. The Kier molecular flexibility index (Phi) is 2.50. The molecule has 1 aromatic heterocycles. The predicted octanol–water partition coefficient (Wildman–Crippen LogP) is 1.59. The second-order valence-electron chi connectivity index (χ2n) is 4.40. The van der Waals surface area contributed by atoms with Gasteiger partial charge in [-0.3, -0.25) is 0 Å². The first-order valence-corrected chi connectivity index (χ1v) is 7.16. The zero-order valence-corrected chi connectivity index (χ0v) is 11.4. The van der Waals surface area contributed by atoms with Crippen LogP contribution < -0.4 is 13.1 Å². The molecule has 2 aromatic rings. The smallest absolute Gasteiger partial charge is 0.342 e. The number of hydrogen-bond donors (Lipinski definition) is 0. The van der Waals surface area contributed by atoms with Crippen LogP contribution >= 0.6 is 0 Å². The molecule has 0 aliphatic carbocycles. The first-order valence-electron chi connectivity index (χ1n) is 5.80. The van der Waals surface area contributed by atoms with Crippen molar-refractivity contribution in [1.82, 2.24) is 0 Å². The lowest BCUT2D eigenvalue weighted by atomic mass is 10.2. The predicted molar refractivity (Wildman–Crippen MR) is 70.5 cm³/mol. The summed E-state index contributed by atoms with van der Waals surface area (Å²) in [4.78, 5) is 0. The van der Waals surface area contributed by atoms with E-state index in [-0.39, 0.29) is 0 Å². The third-order valence-corrected chi connectivity index (χ3v) is 4.26. The summed E-state index contributed by atoms with van der Waals surface area (Å²) >= 11 is 0. The Morgan fingerprint density at radius 1 is 1.16 bits per heavy atom. The number of rotatable bonds is 1. The molecule has 0 bridgehead atoms. The van der Waals surface area contributed by atoms with Gasteiger partial charge in [0.1, 0.15) is 0 Å². The molecule has 1 aliphatic rings. The quantitative estimate of drug-likeness (QED) is 0.744. The lowest BCUT2D eigenvalue weighted by molar-refractivity contribution is -0.657. The summed E-state index contributed by atoms with van der Waals surface area (Å²) < 4.78 is 32.5. The van der Waals surface area contributed by atoms with Crippen molar-refractivity contribution < 1.29 is 17.2 Å². The van der Waals surface area contributed by atoms with Crippen molar-refractivity contribution >= 4 is 21.8 Å². The number of pyridine rings is 1. The van der Waals surface area contributed by atoms with Gasteiger partial charge in [-0.1, -0.05) is 22.5 Å². The number of benzene rings is 1. The summed E-state index contributed by atoms with van der Waals surface area (Å²) in [6, 6.07) is 10.7. The maximum Gasteiger partial charge on any atom is 0.492 e. The van der Waals surface area contributed by atoms with E-state index in [1.807, 2.05) is 19.1 Å². The first-order chi connectivity index (χ1) is 9.00. The van der Waals surface area contributed by atoms with Crippen LogP contribution in [-0.2, 0) is 17.4 Å². The maximum atomic E-state index is 12.2. The normalized spacial score (nSPS) is 16.0. The Morgan fingerprint density at radius 2 is 1.89 bits per heavy atom. The van der Waals surface area contributed by atoms with Gasteiger partial charge in [-0.05, 0) is 30.7 Å². The van der Waals surface area contributed by atoms with E-state index in [4.69, 9.17) is 4.18 Å². The monoisotopic (exact) mass is 277 g/mol. The molecule has 1 aliphatic heterocycles. The fourth-order valence-corrected chi connectivity index (χ4v) is 3.48. The molecule has 6 heteroatoms. The first kappa shape index (κ1) is 12.0. The standard InChI is InChI=1S/C13H13N2O3S/c1-10-6-3-4-7-11(10)15-13-12(18-19(15,16)17)8-5-9-14(13)2/h3-9H,1-2H3/q+1. The van der Waals surface area contributed by atoms with Crippen molar-refractivity contribution in [3.8, 4) is 5.75 Å². The van der Waals surface area contributed by atoms with Crippen molar-refractivity contribution in [3.05, 3.63) is 48.2 Å². The number of para-hydroxylation sites is 1. The van der Waals surface area contributed by atoms with Crippen LogP contribution in [0, 0.1) is 6.92 Å². The van der Waals surface area contributed by atoms with E-state index in [0.717, 1.165) is 5.56 Å². The highest BCUT2D eigenvalue weighted by atomic mass is 32.2. The van der Waals surface area contributed by atoms with E-state index in [1.165, 1.54) is 4.31 Å². The highest BCUT2D eigenvalue weighted by molar-refractivity contribution is 7.89. The van der Waals surface area contributed by atoms with Crippen LogP contribution in [0.4, 0.5) is 11.5 Å². The average molecular weight is 277 g/mol. The molecule has 1 aromatic carbocycles. The van der Waals surface area contributed by atoms with Gasteiger partial charge in [-0.15, -0.1) is 8.42 Å². The highest BCUT2D eigenvalue weighted by Gasteiger charge is 2.47. The number of aryl methyl sites for hydroxylation is 2. The van der Waals surface area contributed by atoms with Crippen LogP contribution in [0.15, 0.2) is 42.6 Å². The minimum absolute atomic E-state index is 0.341. The van der Waals surface area contributed by atoms with E-state index >= 15 is 0 Å². The lowest BCUT2D eigenvalue weighted by Crippen LogP contribution is -2.36. The Hall–Kier alpha value is -2.08. The fourth-order valence-electron chi connectivity index (χ4n) is 2.17. The Bertz CT molecular complexity index is 756. The van der Waals surface area contributed by atoms with Crippen molar-refractivity contribution in [2.24, 2.45) is 7.05 Å². The SMILES string of the molecule is Cc1ccccc1N1c2c(ccc[n+]2C)OS1(=O)=O. The molecule has 0 amide bonds. The minimum Gasteiger partial charge on any atom is -0.342 e. The molecular weight excluding hydrogens is 264 g/mol. The number of fused-ring (bicyclic) bond motifs is 1. The Balaban J connectivity index is 2.30. The third kappa shape index (κ3) is 1.76. The van der Waals surface area contributed by atoms with Gasteiger partial charge < -0.3 is 4.18 Å². The lowest BCUT2D eigenvalue weighted by Gasteiger charge is -2.10. The van der Waals surface area contributed by atoms with E-state index in [9.17, 15) is 8.42 Å². The molecule has 98 valence electrons. The Labute approximate surface area is 111 Å². The molecule has 19 heavy (non-hydrogen) atoms. The zero-order chi connectivity index (χ0) is 13.6. The van der Waals surface area contributed by atoms with Gasteiger partial charge in [-0.2, -0.15) is 0 Å². The number of aromatic nitrogens is 1. The van der Waals surface area contributed by atoms with Crippen LogP contribution in [0.3, 0.4) is 0 Å². The molecule has 0 spiro atoms. The van der Waals surface area contributed by atoms with Gasteiger partial charge in [-0.25, -0.2) is 4.57 Å². The van der Waals surface area contributed by atoms with Gasteiger partial charge >= 0.3 is 16.1 Å². The molecule has 2 heterocycles. The molecule has 0 fully saturated rings. The van der Waals surface area contributed by atoms with Gasteiger partial charge in [0.25, 0.3) is 0 Å². The number of nitrogens with zero attached hydrogens (tertiary/aromatic N) is 2. The van der Waals surface area contributed by atoms with Crippen LogP contribution in [0.2, 0.25) is 0 Å².